The third-order valence-corrected chi connectivity index (χ3v) is 2.58. The van der Waals surface area contributed by atoms with Gasteiger partial charge in [0.1, 0.15) is 0 Å². The van der Waals surface area contributed by atoms with E-state index in [0.717, 1.165) is 12.4 Å². The maximum atomic E-state index is 5.78. The minimum absolute atomic E-state index is 0.441. The van der Waals surface area contributed by atoms with Crippen LogP contribution in [0.1, 0.15) is 47.0 Å². The van der Waals surface area contributed by atoms with Gasteiger partial charge in [0.15, 0.2) is 0 Å². The van der Waals surface area contributed by atoms with Crippen molar-refractivity contribution in [3.05, 3.63) is 0 Å². The van der Waals surface area contributed by atoms with Crippen LogP contribution in [0, 0.1) is 5.41 Å². The molecule has 0 aromatic carbocycles. The Morgan fingerprint density at radius 1 is 1.07 bits per heavy atom. The Morgan fingerprint density at radius 3 is 2.14 bits per heavy atom. The van der Waals surface area contributed by atoms with Gasteiger partial charge in [-0.1, -0.05) is 34.1 Å². The monoisotopic (exact) mass is 219 g/mol. The van der Waals surface area contributed by atoms with Crippen LogP contribution in [0.2, 0.25) is 0 Å². The van der Waals surface area contributed by atoms with E-state index in [2.05, 4.69) is 32.6 Å². The van der Waals surface area contributed by atoms with Crippen molar-refractivity contribution in [2.24, 2.45) is 5.41 Å². The van der Waals surface area contributed by atoms with Crippen LogP contribution < -0.4 is 0 Å². The van der Waals surface area contributed by atoms with Gasteiger partial charge in [-0.3, -0.25) is 0 Å². The van der Waals surface area contributed by atoms with Gasteiger partial charge < -0.3 is 4.90 Å². The molecule has 0 fully saturated rings. The first-order chi connectivity index (χ1) is 6.49. The molecule has 0 radical (unpaired) electrons. The fourth-order valence-electron chi connectivity index (χ4n) is 1.33. The Morgan fingerprint density at radius 2 is 1.71 bits per heavy atom. The fraction of sp³-hybridized carbons (Fsp3) is 1.00. The van der Waals surface area contributed by atoms with Gasteiger partial charge >= 0.3 is 0 Å². The second-order valence-electron chi connectivity index (χ2n) is 5.19. The van der Waals surface area contributed by atoms with E-state index in [4.69, 9.17) is 11.6 Å². The molecule has 2 heteroatoms. The minimum Gasteiger partial charge on any atom is -0.302 e. The second-order valence-corrected chi connectivity index (χ2v) is 5.57. The van der Waals surface area contributed by atoms with Crippen LogP contribution in [0.3, 0.4) is 0 Å². The maximum Gasteiger partial charge on any atom is 0.0351 e. The van der Waals surface area contributed by atoms with E-state index >= 15 is 0 Å². The summed E-state index contributed by atoms with van der Waals surface area (Å²) >= 11 is 5.78. The number of alkyl halides is 1. The lowest BCUT2D eigenvalue weighted by molar-refractivity contribution is 0.235. The molecule has 0 amide bonds. The standard InChI is InChI=1S/C12H26ClN/c1-5-6-9-14(11-8-13)10-7-12(2,3)4/h5-11H2,1-4H3. The number of rotatable bonds is 7. The van der Waals surface area contributed by atoms with E-state index in [9.17, 15) is 0 Å². The molecule has 0 rings (SSSR count). The molecule has 0 heterocycles. The number of halogens is 1. The summed E-state index contributed by atoms with van der Waals surface area (Å²) in [4.78, 5) is 2.49. The molecule has 0 aromatic rings. The molecular formula is C12H26ClN. The summed E-state index contributed by atoms with van der Waals surface area (Å²) in [5.41, 5.74) is 0.441. The zero-order valence-electron chi connectivity index (χ0n) is 10.3. The Bertz CT molecular complexity index is 129. The summed E-state index contributed by atoms with van der Waals surface area (Å²) in [6.07, 6.45) is 3.82. The Labute approximate surface area is 94.8 Å². The molecule has 86 valence electrons. The van der Waals surface area contributed by atoms with Crippen molar-refractivity contribution in [3.63, 3.8) is 0 Å². The van der Waals surface area contributed by atoms with Gasteiger partial charge in [0.2, 0.25) is 0 Å². The van der Waals surface area contributed by atoms with Crippen molar-refractivity contribution in [1.29, 1.82) is 0 Å². The molecule has 0 aromatic heterocycles. The van der Waals surface area contributed by atoms with Gasteiger partial charge in [-0.05, 0) is 31.3 Å². The zero-order valence-corrected chi connectivity index (χ0v) is 11.0. The van der Waals surface area contributed by atoms with Gasteiger partial charge in [-0.25, -0.2) is 0 Å². The summed E-state index contributed by atoms with van der Waals surface area (Å²) in [6.45, 7) is 12.6. The van der Waals surface area contributed by atoms with Crippen molar-refractivity contribution in [1.82, 2.24) is 4.90 Å². The number of hydrogen-bond acceptors (Lipinski definition) is 1. The summed E-state index contributed by atoms with van der Waals surface area (Å²) in [5.74, 6) is 0.758. The molecule has 0 saturated heterocycles. The molecule has 0 aliphatic rings. The van der Waals surface area contributed by atoms with Crippen LogP contribution in [0.4, 0.5) is 0 Å². The van der Waals surface area contributed by atoms with Crippen LogP contribution in [0.25, 0.3) is 0 Å². The maximum absolute atomic E-state index is 5.78. The average molecular weight is 220 g/mol. The lowest BCUT2D eigenvalue weighted by Crippen LogP contribution is -2.30. The molecule has 0 saturated carbocycles. The van der Waals surface area contributed by atoms with E-state index in [1.807, 2.05) is 0 Å². The normalized spacial score (nSPS) is 12.4. The molecule has 14 heavy (non-hydrogen) atoms. The lowest BCUT2D eigenvalue weighted by atomic mass is 9.92. The highest BCUT2D eigenvalue weighted by Gasteiger charge is 2.12. The Balaban J connectivity index is 3.72. The third kappa shape index (κ3) is 8.83. The second kappa shape index (κ2) is 7.53. The first kappa shape index (κ1) is 14.2. The van der Waals surface area contributed by atoms with Crippen molar-refractivity contribution in [2.75, 3.05) is 25.5 Å². The predicted octanol–water partition coefficient (Wildman–Crippen LogP) is 3.76. The zero-order chi connectivity index (χ0) is 11.0. The average Bonchev–Trinajstić information content (AvgIpc) is 2.08. The molecule has 1 nitrogen and oxygen atoms in total. The molecule has 0 aliphatic heterocycles. The Hall–Kier alpha value is 0.250. The topological polar surface area (TPSA) is 3.24 Å². The lowest BCUT2D eigenvalue weighted by Gasteiger charge is -2.26. The highest BCUT2D eigenvalue weighted by atomic mass is 35.5. The van der Waals surface area contributed by atoms with Crippen molar-refractivity contribution >= 4 is 11.6 Å². The SMILES string of the molecule is CCCCN(CCCl)CCC(C)(C)C. The molecule has 0 spiro atoms. The van der Waals surface area contributed by atoms with Crippen molar-refractivity contribution < 1.29 is 0 Å². The molecule has 0 atom stereocenters. The van der Waals surface area contributed by atoms with Crippen LogP contribution in [-0.4, -0.2) is 30.4 Å². The fourth-order valence-corrected chi connectivity index (χ4v) is 1.57. The van der Waals surface area contributed by atoms with Gasteiger partial charge in [-0.15, -0.1) is 11.6 Å². The molecule has 0 aliphatic carbocycles. The van der Waals surface area contributed by atoms with E-state index in [1.54, 1.807) is 0 Å². The molecular weight excluding hydrogens is 194 g/mol. The third-order valence-electron chi connectivity index (χ3n) is 2.41. The first-order valence-electron chi connectivity index (χ1n) is 5.78. The van der Waals surface area contributed by atoms with E-state index in [0.29, 0.717) is 5.41 Å². The largest absolute Gasteiger partial charge is 0.302 e. The van der Waals surface area contributed by atoms with Gasteiger partial charge in [0.25, 0.3) is 0 Å². The smallest absolute Gasteiger partial charge is 0.0351 e. The minimum atomic E-state index is 0.441. The van der Waals surface area contributed by atoms with Crippen LogP contribution in [-0.2, 0) is 0 Å². The summed E-state index contributed by atoms with van der Waals surface area (Å²) in [7, 11) is 0. The Kier molecular flexibility index (Phi) is 7.66. The quantitative estimate of drug-likeness (QED) is 0.590. The van der Waals surface area contributed by atoms with Crippen molar-refractivity contribution in [3.8, 4) is 0 Å². The van der Waals surface area contributed by atoms with E-state index in [1.165, 1.54) is 32.4 Å². The molecule has 0 unspecified atom stereocenters. The van der Waals surface area contributed by atoms with Crippen LogP contribution in [0.15, 0.2) is 0 Å². The van der Waals surface area contributed by atoms with Crippen molar-refractivity contribution in [2.45, 2.75) is 47.0 Å². The van der Waals surface area contributed by atoms with Gasteiger partial charge in [0, 0.05) is 12.4 Å². The summed E-state index contributed by atoms with van der Waals surface area (Å²) < 4.78 is 0. The van der Waals surface area contributed by atoms with E-state index in [-0.39, 0.29) is 0 Å². The summed E-state index contributed by atoms with van der Waals surface area (Å²) in [5, 5.41) is 0. The molecule has 0 N–H and O–H groups in total. The van der Waals surface area contributed by atoms with Crippen LogP contribution in [0.5, 0.6) is 0 Å². The first-order valence-corrected chi connectivity index (χ1v) is 6.31. The van der Waals surface area contributed by atoms with Gasteiger partial charge in [-0.2, -0.15) is 0 Å². The highest BCUT2D eigenvalue weighted by Crippen LogP contribution is 2.18. The predicted molar refractivity (Wildman–Crippen MR) is 66.1 cm³/mol. The van der Waals surface area contributed by atoms with Gasteiger partial charge in [0.05, 0.1) is 0 Å². The number of nitrogens with zero attached hydrogens (tertiary/aromatic N) is 1. The highest BCUT2D eigenvalue weighted by molar-refractivity contribution is 6.18. The van der Waals surface area contributed by atoms with Crippen LogP contribution >= 0.6 is 11.6 Å². The summed E-state index contributed by atoms with van der Waals surface area (Å²) in [6, 6.07) is 0. The number of unbranched alkanes of at least 4 members (excludes halogenated alkanes) is 1. The van der Waals surface area contributed by atoms with E-state index < -0.39 is 0 Å². The number of hydrogen-bond donors (Lipinski definition) is 0. The molecule has 0 bridgehead atoms.